The van der Waals surface area contributed by atoms with E-state index in [0.29, 0.717) is 22.6 Å². The van der Waals surface area contributed by atoms with E-state index in [1.54, 1.807) is 12.1 Å². The molecule has 9 heteroatoms. The molecule has 0 saturated heterocycles. The summed E-state index contributed by atoms with van der Waals surface area (Å²) in [5.41, 5.74) is 1.12. The minimum Gasteiger partial charge on any atom is -0.454 e. The zero-order valence-electron chi connectivity index (χ0n) is 16.3. The summed E-state index contributed by atoms with van der Waals surface area (Å²) in [5, 5.41) is 10.8. The number of carbonyl (C=O) groups excluding carboxylic acids is 2. The van der Waals surface area contributed by atoms with Crippen molar-refractivity contribution in [2.24, 2.45) is 0 Å². The second-order valence-corrected chi connectivity index (χ2v) is 6.90. The van der Waals surface area contributed by atoms with Crippen LogP contribution >= 0.6 is 0 Å². The van der Waals surface area contributed by atoms with E-state index in [1.165, 1.54) is 54.6 Å². The Morgan fingerprint density at radius 3 is 2.53 bits per heavy atom. The van der Waals surface area contributed by atoms with Gasteiger partial charge in [0.25, 0.3) is 5.69 Å². The average Bonchev–Trinajstić information content (AvgIpc) is 3.38. The van der Waals surface area contributed by atoms with Gasteiger partial charge in [0.1, 0.15) is 11.5 Å². The first-order valence-corrected chi connectivity index (χ1v) is 9.42. The van der Waals surface area contributed by atoms with Crippen LogP contribution in [0.25, 0.3) is 6.08 Å². The van der Waals surface area contributed by atoms with Gasteiger partial charge in [0.15, 0.2) is 17.3 Å². The van der Waals surface area contributed by atoms with Gasteiger partial charge in [-0.05, 0) is 54.1 Å². The van der Waals surface area contributed by atoms with Crippen LogP contribution in [0.1, 0.15) is 26.3 Å². The Hall–Kier alpha value is -4.66. The molecule has 3 aromatic carbocycles. The van der Waals surface area contributed by atoms with E-state index >= 15 is 0 Å². The number of esters is 1. The quantitative estimate of drug-likeness (QED) is 0.199. The van der Waals surface area contributed by atoms with Crippen LogP contribution < -0.4 is 18.9 Å². The number of fused-ring (bicyclic) bond motifs is 2. The van der Waals surface area contributed by atoms with Crippen molar-refractivity contribution in [3.05, 3.63) is 93.2 Å². The predicted molar refractivity (Wildman–Crippen MR) is 110 cm³/mol. The predicted octanol–water partition coefficient (Wildman–Crippen LogP) is 4.16. The number of ketones is 1. The molecule has 0 unspecified atom stereocenters. The van der Waals surface area contributed by atoms with Crippen molar-refractivity contribution >= 4 is 23.5 Å². The SMILES string of the molecule is O=C(Oc1ccc2c(c1)OC(=Cc1ccc([N+](=O)[O-])cc1)C2=O)c1ccc2c(c1)OCO2. The second kappa shape index (κ2) is 7.55. The number of nitro groups is 1. The minimum absolute atomic E-state index is 0.0528. The number of ether oxygens (including phenoxy) is 4. The van der Waals surface area contributed by atoms with Crippen molar-refractivity contribution in [2.45, 2.75) is 0 Å². The fraction of sp³-hybridized carbons (Fsp3) is 0.0435. The van der Waals surface area contributed by atoms with Gasteiger partial charge in [-0.1, -0.05) is 0 Å². The summed E-state index contributed by atoms with van der Waals surface area (Å²) in [6.45, 7) is 0.0970. The van der Waals surface area contributed by atoms with Crippen molar-refractivity contribution in [1.82, 2.24) is 0 Å². The molecule has 0 atom stereocenters. The zero-order valence-corrected chi connectivity index (χ0v) is 16.3. The van der Waals surface area contributed by atoms with E-state index in [0.717, 1.165) is 0 Å². The monoisotopic (exact) mass is 431 g/mol. The van der Waals surface area contributed by atoms with Crippen molar-refractivity contribution < 1.29 is 33.5 Å². The van der Waals surface area contributed by atoms with Gasteiger partial charge in [-0.25, -0.2) is 4.79 Å². The molecule has 158 valence electrons. The first-order valence-electron chi connectivity index (χ1n) is 9.42. The number of Topliss-reactive ketones (excluding diaryl/α,β-unsaturated/α-hetero) is 1. The van der Waals surface area contributed by atoms with E-state index in [-0.39, 0.29) is 41.1 Å². The van der Waals surface area contributed by atoms with E-state index in [2.05, 4.69) is 0 Å². The lowest BCUT2D eigenvalue weighted by Crippen LogP contribution is -2.08. The van der Waals surface area contributed by atoms with Gasteiger partial charge in [-0.2, -0.15) is 0 Å². The van der Waals surface area contributed by atoms with Crippen LogP contribution in [0.5, 0.6) is 23.0 Å². The molecule has 2 aliphatic rings. The first-order chi connectivity index (χ1) is 15.5. The van der Waals surface area contributed by atoms with Gasteiger partial charge >= 0.3 is 5.97 Å². The Bertz CT molecular complexity index is 1310. The normalized spacial score (nSPS) is 14.8. The molecule has 0 fully saturated rings. The highest BCUT2D eigenvalue weighted by Crippen LogP contribution is 2.36. The van der Waals surface area contributed by atoms with Crippen LogP contribution in [0.3, 0.4) is 0 Å². The van der Waals surface area contributed by atoms with E-state index in [9.17, 15) is 19.7 Å². The lowest BCUT2D eigenvalue weighted by molar-refractivity contribution is -0.384. The summed E-state index contributed by atoms with van der Waals surface area (Å²) < 4.78 is 21.5. The standard InChI is InChI=1S/C23H13NO8/c25-22-17-7-6-16(31-23(26)14-3-8-18-20(10-14)30-12-29-18)11-19(17)32-21(22)9-13-1-4-15(5-2-13)24(27)28/h1-11H,12H2. The van der Waals surface area contributed by atoms with E-state index < -0.39 is 10.9 Å². The van der Waals surface area contributed by atoms with Crippen molar-refractivity contribution in [1.29, 1.82) is 0 Å². The Morgan fingerprint density at radius 2 is 1.75 bits per heavy atom. The summed E-state index contributed by atoms with van der Waals surface area (Å²) in [4.78, 5) is 35.3. The molecule has 2 aliphatic heterocycles. The summed E-state index contributed by atoms with van der Waals surface area (Å²) in [5.74, 6) is 0.589. The average molecular weight is 431 g/mol. The van der Waals surface area contributed by atoms with Crippen LogP contribution in [0.2, 0.25) is 0 Å². The van der Waals surface area contributed by atoms with Crippen molar-refractivity contribution in [3.8, 4) is 23.0 Å². The third-order valence-corrected chi connectivity index (χ3v) is 4.86. The Kier molecular flexibility index (Phi) is 4.55. The van der Waals surface area contributed by atoms with Gasteiger partial charge in [0.05, 0.1) is 16.1 Å². The summed E-state index contributed by atoms with van der Waals surface area (Å²) in [6, 6.07) is 14.9. The molecule has 0 N–H and O–H groups in total. The number of hydrogen-bond donors (Lipinski definition) is 0. The van der Waals surface area contributed by atoms with E-state index in [1.807, 2.05) is 0 Å². The van der Waals surface area contributed by atoms with Gasteiger partial charge < -0.3 is 18.9 Å². The van der Waals surface area contributed by atoms with E-state index in [4.69, 9.17) is 18.9 Å². The van der Waals surface area contributed by atoms with Crippen LogP contribution in [-0.2, 0) is 0 Å². The number of carbonyl (C=O) groups is 2. The number of hydrogen-bond acceptors (Lipinski definition) is 8. The number of nitrogens with zero attached hydrogens (tertiary/aromatic N) is 1. The highest BCUT2D eigenvalue weighted by molar-refractivity contribution is 6.14. The zero-order chi connectivity index (χ0) is 22.2. The lowest BCUT2D eigenvalue weighted by Gasteiger charge is -2.06. The second-order valence-electron chi connectivity index (χ2n) is 6.90. The Labute approximate surface area is 180 Å². The molecule has 9 nitrogen and oxygen atoms in total. The molecule has 2 heterocycles. The van der Waals surface area contributed by atoms with Gasteiger partial charge in [0, 0.05) is 18.2 Å². The van der Waals surface area contributed by atoms with Gasteiger partial charge in [0.2, 0.25) is 12.6 Å². The largest absolute Gasteiger partial charge is 0.454 e. The first kappa shape index (κ1) is 19.3. The van der Waals surface area contributed by atoms with Crippen molar-refractivity contribution in [3.63, 3.8) is 0 Å². The number of benzene rings is 3. The summed E-state index contributed by atoms with van der Waals surface area (Å²) >= 11 is 0. The Balaban J connectivity index is 1.33. The molecule has 0 radical (unpaired) electrons. The topological polar surface area (TPSA) is 114 Å². The van der Waals surface area contributed by atoms with Crippen LogP contribution in [-0.4, -0.2) is 23.5 Å². The van der Waals surface area contributed by atoms with Crippen LogP contribution in [0.15, 0.2) is 66.4 Å². The third-order valence-electron chi connectivity index (χ3n) is 4.86. The lowest BCUT2D eigenvalue weighted by atomic mass is 10.1. The van der Waals surface area contributed by atoms with Crippen molar-refractivity contribution in [2.75, 3.05) is 6.79 Å². The molecular formula is C23H13NO8. The Morgan fingerprint density at radius 1 is 0.969 bits per heavy atom. The molecule has 0 aromatic heterocycles. The number of rotatable bonds is 4. The summed E-state index contributed by atoms with van der Waals surface area (Å²) in [6.07, 6.45) is 1.49. The molecule has 0 amide bonds. The maximum Gasteiger partial charge on any atom is 0.343 e. The molecular weight excluding hydrogens is 418 g/mol. The molecule has 0 bridgehead atoms. The smallest absolute Gasteiger partial charge is 0.343 e. The fourth-order valence-corrected chi connectivity index (χ4v) is 3.26. The molecule has 0 spiro atoms. The fourth-order valence-electron chi connectivity index (χ4n) is 3.26. The van der Waals surface area contributed by atoms with Gasteiger partial charge in [-0.3, -0.25) is 14.9 Å². The molecule has 0 saturated carbocycles. The number of allylic oxidation sites excluding steroid dienone is 1. The minimum atomic E-state index is -0.603. The van der Waals surface area contributed by atoms with Crippen LogP contribution in [0.4, 0.5) is 5.69 Å². The third kappa shape index (κ3) is 3.52. The maximum atomic E-state index is 12.6. The molecule has 5 rings (SSSR count). The maximum absolute atomic E-state index is 12.6. The highest BCUT2D eigenvalue weighted by Gasteiger charge is 2.28. The number of non-ortho nitro benzene ring substituents is 1. The summed E-state index contributed by atoms with van der Waals surface area (Å²) in [7, 11) is 0. The molecule has 0 aliphatic carbocycles. The molecule has 32 heavy (non-hydrogen) atoms. The molecule has 3 aromatic rings. The van der Waals surface area contributed by atoms with Crippen LogP contribution in [0, 0.1) is 10.1 Å². The highest BCUT2D eigenvalue weighted by atomic mass is 16.7. The number of nitro benzene ring substituents is 1. The van der Waals surface area contributed by atoms with Gasteiger partial charge in [-0.15, -0.1) is 0 Å².